The molecule has 0 spiro atoms. The summed E-state index contributed by atoms with van der Waals surface area (Å²) in [7, 11) is 0. The quantitative estimate of drug-likeness (QED) is 0.878. The van der Waals surface area contributed by atoms with E-state index in [1.54, 1.807) is 6.07 Å². The van der Waals surface area contributed by atoms with Gasteiger partial charge in [-0.15, -0.1) is 0 Å². The van der Waals surface area contributed by atoms with Crippen molar-refractivity contribution in [2.24, 2.45) is 0 Å². The summed E-state index contributed by atoms with van der Waals surface area (Å²) in [6.07, 6.45) is 0.447. The van der Waals surface area contributed by atoms with Crippen LogP contribution in [0.2, 0.25) is 10.2 Å². The Kier molecular flexibility index (Phi) is 3.23. The van der Waals surface area contributed by atoms with Gasteiger partial charge in [-0.1, -0.05) is 23.2 Å². The Hall–Kier alpha value is -1.86. The van der Waals surface area contributed by atoms with Crippen molar-refractivity contribution < 1.29 is 9.90 Å². The predicted octanol–water partition coefficient (Wildman–Crippen LogP) is 1.79. The summed E-state index contributed by atoms with van der Waals surface area (Å²) in [6.45, 7) is 1.000. The van der Waals surface area contributed by atoms with Crippen molar-refractivity contribution in [1.29, 1.82) is 0 Å². The number of halogens is 2. The van der Waals surface area contributed by atoms with Gasteiger partial charge in [-0.25, -0.2) is 19.7 Å². The van der Waals surface area contributed by atoms with Crippen molar-refractivity contribution in [3.05, 3.63) is 22.4 Å². The topological polar surface area (TPSA) is 91.2 Å². The lowest BCUT2D eigenvalue weighted by atomic mass is 10.1. The highest BCUT2D eigenvalue weighted by Gasteiger charge is 2.31. The lowest BCUT2D eigenvalue weighted by molar-refractivity contribution is 0.187. The van der Waals surface area contributed by atoms with E-state index in [1.165, 1.54) is 6.20 Å². The van der Waals surface area contributed by atoms with Crippen LogP contribution in [0.1, 0.15) is 0 Å². The van der Waals surface area contributed by atoms with Crippen molar-refractivity contribution >= 4 is 46.3 Å². The monoisotopic (exact) mass is 313 g/mol. The number of fused-ring (bicyclic) bond motifs is 1. The van der Waals surface area contributed by atoms with E-state index < -0.39 is 6.09 Å². The molecule has 1 aliphatic heterocycles. The second-order valence-electron chi connectivity index (χ2n) is 4.39. The predicted molar refractivity (Wildman–Crippen MR) is 74.5 cm³/mol. The van der Waals surface area contributed by atoms with E-state index in [9.17, 15) is 4.79 Å². The zero-order valence-corrected chi connectivity index (χ0v) is 11.6. The Bertz CT molecular complexity index is 690. The Labute approximate surface area is 123 Å². The van der Waals surface area contributed by atoms with Crippen LogP contribution in [0.4, 0.5) is 10.6 Å². The number of anilines is 1. The third-order valence-corrected chi connectivity index (χ3v) is 3.40. The Morgan fingerprint density at radius 1 is 1.40 bits per heavy atom. The highest BCUT2D eigenvalue weighted by molar-refractivity contribution is 6.32. The molecule has 0 aliphatic carbocycles. The molecule has 1 amide bonds. The molecule has 2 N–H and O–H groups in total. The van der Waals surface area contributed by atoms with Crippen molar-refractivity contribution in [2.45, 2.75) is 6.04 Å². The number of hydrogen-bond acceptors (Lipinski definition) is 5. The van der Waals surface area contributed by atoms with E-state index in [2.05, 4.69) is 20.3 Å². The van der Waals surface area contributed by atoms with Gasteiger partial charge in [0.2, 0.25) is 0 Å². The van der Waals surface area contributed by atoms with Gasteiger partial charge < -0.3 is 15.3 Å². The largest absolute Gasteiger partial charge is 0.465 e. The highest BCUT2D eigenvalue weighted by Crippen LogP contribution is 2.28. The summed E-state index contributed by atoms with van der Waals surface area (Å²) in [4.78, 5) is 25.0. The molecule has 3 rings (SSSR count). The molecule has 7 nitrogen and oxygen atoms in total. The Morgan fingerprint density at radius 2 is 2.15 bits per heavy atom. The molecule has 0 radical (unpaired) electrons. The van der Waals surface area contributed by atoms with Crippen molar-refractivity contribution in [3.8, 4) is 0 Å². The Morgan fingerprint density at radius 3 is 2.85 bits per heavy atom. The molecule has 1 saturated heterocycles. The number of carboxylic acid groups (broad SMARTS) is 1. The standard InChI is InChI=1S/C11H9Cl2N5O2/c12-5-1-7-9(14-2-5)17-10(8(13)16-7)18-3-6(4-18)15-11(19)20/h1-2,6,15H,3-4H2,(H,19,20). The normalized spacial score (nSPS) is 15.2. The van der Waals surface area contributed by atoms with Gasteiger partial charge in [0, 0.05) is 19.3 Å². The smallest absolute Gasteiger partial charge is 0.405 e. The summed E-state index contributed by atoms with van der Waals surface area (Å²) in [5, 5.41) is 11.7. The number of rotatable bonds is 2. The molecule has 20 heavy (non-hydrogen) atoms. The summed E-state index contributed by atoms with van der Waals surface area (Å²) >= 11 is 11.9. The molecular weight excluding hydrogens is 305 g/mol. The van der Waals surface area contributed by atoms with Crippen LogP contribution < -0.4 is 10.2 Å². The molecule has 2 aromatic rings. The van der Waals surface area contributed by atoms with Crippen LogP contribution in [-0.2, 0) is 0 Å². The first-order chi connectivity index (χ1) is 9.52. The number of pyridine rings is 1. The van der Waals surface area contributed by atoms with E-state index in [1.807, 2.05) is 4.90 Å². The van der Waals surface area contributed by atoms with Gasteiger partial charge in [0.15, 0.2) is 16.6 Å². The van der Waals surface area contributed by atoms with Crippen LogP contribution in [-0.4, -0.2) is 45.3 Å². The van der Waals surface area contributed by atoms with Gasteiger partial charge >= 0.3 is 6.09 Å². The average molecular weight is 314 g/mol. The summed E-state index contributed by atoms with van der Waals surface area (Å²) < 4.78 is 0. The zero-order valence-electron chi connectivity index (χ0n) is 10.0. The van der Waals surface area contributed by atoms with Crippen LogP contribution in [0, 0.1) is 0 Å². The molecule has 0 bridgehead atoms. The summed E-state index contributed by atoms with van der Waals surface area (Å²) in [5.41, 5.74) is 0.968. The molecule has 0 saturated carbocycles. The van der Waals surface area contributed by atoms with Gasteiger partial charge in [-0.3, -0.25) is 0 Å². The first-order valence-corrected chi connectivity index (χ1v) is 6.52. The van der Waals surface area contributed by atoms with Gasteiger partial charge in [0.05, 0.1) is 11.1 Å². The van der Waals surface area contributed by atoms with E-state index in [-0.39, 0.29) is 11.2 Å². The molecular formula is C11H9Cl2N5O2. The van der Waals surface area contributed by atoms with E-state index >= 15 is 0 Å². The number of hydrogen-bond donors (Lipinski definition) is 2. The van der Waals surface area contributed by atoms with Crippen LogP contribution in [0.5, 0.6) is 0 Å². The fourth-order valence-corrected chi connectivity index (χ4v) is 2.42. The second-order valence-corrected chi connectivity index (χ2v) is 5.18. The minimum Gasteiger partial charge on any atom is -0.465 e. The number of amides is 1. The molecule has 3 heterocycles. The minimum atomic E-state index is -1.04. The summed E-state index contributed by atoms with van der Waals surface area (Å²) in [6, 6.07) is 1.51. The number of aromatic nitrogens is 3. The lowest BCUT2D eigenvalue weighted by Gasteiger charge is -2.39. The van der Waals surface area contributed by atoms with Gasteiger partial charge in [-0.05, 0) is 6.07 Å². The maximum Gasteiger partial charge on any atom is 0.405 e. The average Bonchev–Trinajstić information content (AvgIpc) is 2.32. The van der Waals surface area contributed by atoms with Crippen molar-refractivity contribution in [2.75, 3.05) is 18.0 Å². The van der Waals surface area contributed by atoms with E-state index in [0.717, 1.165) is 0 Å². The van der Waals surface area contributed by atoms with Crippen LogP contribution >= 0.6 is 23.2 Å². The number of nitrogens with one attached hydrogen (secondary N) is 1. The van der Waals surface area contributed by atoms with E-state index in [0.29, 0.717) is 35.1 Å². The maximum atomic E-state index is 10.5. The molecule has 0 atom stereocenters. The van der Waals surface area contributed by atoms with Crippen LogP contribution in [0.3, 0.4) is 0 Å². The van der Waals surface area contributed by atoms with E-state index in [4.69, 9.17) is 28.3 Å². The molecule has 1 fully saturated rings. The number of nitrogens with zero attached hydrogens (tertiary/aromatic N) is 4. The van der Waals surface area contributed by atoms with Crippen molar-refractivity contribution in [1.82, 2.24) is 20.3 Å². The highest BCUT2D eigenvalue weighted by atomic mass is 35.5. The van der Waals surface area contributed by atoms with Gasteiger partial charge in [0.25, 0.3) is 0 Å². The summed E-state index contributed by atoms with van der Waals surface area (Å²) in [5.74, 6) is 0.498. The third-order valence-electron chi connectivity index (χ3n) is 2.94. The lowest BCUT2D eigenvalue weighted by Crippen LogP contribution is -2.59. The fraction of sp³-hybridized carbons (Fsp3) is 0.273. The van der Waals surface area contributed by atoms with Crippen molar-refractivity contribution in [3.63, 3.8) is 0 Å². The fourth-order valence-electron chi connectivity index (χ4n) is 2.01. The molecule has 104 valence electrons. The molecule has 2 aromatic heterocycles. The second kappa shape index (κ2) is 4.92. The number of carbonyl (C=O) groups is 1. The van der Waals surface area contributed by atoms with Crippen LogP contribution in [0.25, 0.3) is 11.2 Å². The maximum absolute atomic E-state index is 10.5. The first kappa shape index (κ1) is 13.1. The van der Waals surface area contributed by atoms with Gasteiger partial charge in [0.1, 0.15) is 5.52 Å². The Balaban J connectivity index is 1.84. The minimum absolute atomic E-state index is 0.126. The zero-order chi connectivity index (χ0) is 14.3. The first-order valence-electron chi connectivity index (χ1n) is 5.76. The molecule has 1 aliphatic rings. The molecule has 9 heteroatoms. The molecule has 0 aromatic carbocycles. The van der Waals surface area contributed by atoms with Crippen LogP contribution in [0.15, 0.2) is 12.3 Å². The molecule has 0 unspecified atom stereocenters. The van der Waals surface area contributed by atoms with Gasteiger partial charge in [-0.2, -0.15) is 0 Å². The third kappa shape index (κ3) is 2.41. The SMILES string of the molecule is O=C(O)NC1CN(c2nc3ncc(Cl)cc3nc2Cl)C1.